The first-order valence-corrected chi connectivity index (χ1v) is 7.68. The molecule has 1 unspecified atom stereocenters. The Balaban J connectivity index is 2.47. The van der Waals surface area contributed by atoms with E-state index < -0.39 is 0 Å². The number of nitrogens with zero attached hydrogens (tertiary/aromatic N) is 4. The number of hydrogen-bond donors (Lipinski definition) is 0. The lowest BCUT2D eigenvalue weighted by Gasteiger charge is -2.17. The van der Waals surface area contributed by atoms with Gasteiger partial charge in [-0.25, -0.2) is 4.98 Å². The number of rotatable bonds is 8. The second-order valence-corrected chi connectivity index (χ2v) is 5.36. The van der Waals surface area contributed by atoms with E-state index in [0.717, 1.165) is 35.5 Å². The number of hydrogen-bond acceptors (Lipinski definition) is 4. The van der Waals surface area contributed by atoms with Gasteiger partial charge in [0.1, 0.15) is 11.3 Å². The van der Waals surface area contributed by atoms with E-state index in [-0.39, 0.29) is 6.10 Å². The quantitative estimate of drug-likeness (QED) is 0.697. The molecule has 7 heteroatoms. The summed E-state index contributed by atoms with van der Waals surface area (Å²) >= 11 is 5.92. The van der Waals surface area contributed by atoms with Crippen molar-refractivity contribution >= 4 is 22.8 Å². The Labute approximate surface area is 130 Å². The molecule has 0 saturated carbocycles. The molecule has 1 atom stereocenters. The predicted molar refractivity (Wildman–Crippen MR) is 83.0 cm³/mol. The Morgan fingerprint density at radius 3 is 2.67 bits per heavy atom. The maximum atomic E-state index is 5.92. The Kier molecular flexibility index (Phi) is 5.61. The van der Waals surface area contributed by atoms with Gasteiger partial charge in [0.25, 0.3) is 0 Å². The van der Waals surface area contributed by atoms with Crippen LogP contribution < -0.4 is 0 Å². The summed E-state index contributed by atoms with van der Waals surface area (Å²) in [5.74, 6) is 1.51. The highest BCUT2D eigenvalue weighted by molar-refractivity contribution is 6.17. The van der Waals surface area contributed by atoms with Crippen LogP contribution in [0, 0.1) is 0 Å². The number of aryl methyl sites for hydroxylation is 3. The van der Waals surface area contributed by atoms with Gasteiger partial charge in [0.15, 0.2) is 5.65 Å². The zero-order valence-electron chi connectivity index (χ0n) is 13.1. The lowest BCUT2D eigenvalue weighted by atomic mass is 10.3. The molecule has 2 heterocycles. The summed E-state index contributed by atoms with van der Waals surface area (Å²) in [4.78, 5) is 4.74. The average Bonchev–Trinajstić information content (AvgIpc) is 2.97. The lowest BCUT2D eigenvalue weighted by molar-refractivity contribution is 0.0184. The Morgan fingerprint density at radius 2 is 2.10 bits per heavy atom. The van der Waals surface area contributed by atoms with Crippen molar-refractivity contribution in [3.8, 4) is 0 Å². The normalized spacial score (nSPS) is 13.2. The van der Waals surface area contributed by atoms with Gasteiger partial charge < -0.3 is 14.0 Å². The van der Waals surface area contributed by atoms with E-state index in [1.807, 2.05) is 11.7 Å². The zero-order valence-corrected chi connectivity index (χ0v) is 13.9. The monoisotopic (exact) mass is 314 g/mol. The first-order chi connectivity index (χ1) is 10.2. The zero-order chi connectivity index (χ0) is 15.4. The third-order valence-electron chi connectivity index (χ3n) is 3.60. The largest absolute Gasteiger partial charge is 0.382 e. The standard InChI is InChI=1S/C14H23ClN4O2/c1-5-11-13-14(18(2)17-11)19(12(16-13)6-7-15)8-10(21-4)9-20-3/h10H,5-9H2,1-4H3. The molecule has 0 fully saturated rings. The molecule has 0 bridgehead atoms. The number of alkyl halides is 1. The fraction of sp³-hybridized carbons (Fsp3) is 0.714. The van der Waals surface area contributed by atoms with Crippen molar-refractivity contribution < 1.29 is 9.47 Å². The second-order valence-electron chi connectivity index (χ2n) is 4.99. The molecule has 2 rings (SSSR count). The number of imidazole rings is 1. The molecule has 6 nitrogen and oxygen atoms in total. The molecular weight excluding hydrogens is 292 g/mol. The molecule has 118 valence electrons. The number of fused-ring (bicyclic) bond motifs is 1. The summed E-state index contributed by atoms with van der Waals surface area (Å²) in [6.45, 7) is 3.30. The molecule has 0 amide bonds. The van der Waals surface area contributed by atoms with Gasteiger partial charge in [0.05, 0.1) is 24.9 Å². The van der Waals surface area contributed by atoms with Crippen LogP contribution in [0.3, 0.4) is 0 Å². The fourth-order valence-corrected chi connectivity index (χ4v) is 2.75. The van der Waals surface area contributed by atoms with Gasteiger partial charge in [-0.05, 0) is 6.42 Å². The van der Waals surface area contributed by atoms with Gasteiger partial charge in [-0.1, -0.05) is 6.92 Å². The highest BCUT2D eigenvalue weighted by Gasteiger charge is 2.20. The molecule has 0 radical (unpaired) electrons. The van der Waals surface area contributed by atoms with Crippen LogP contribution in [-0.2, 0) is 35.9 Å². The Hall–Kier alpha value is -1.11. The van der Waals surface area contributed by atoms with E-state index in [9.17, 15) is 0 Å². The number of methoxy groups -OCH3 is 2. The van der Waals surface area contributed by atoms with Crippen molar-refractivity contribution in [1.29, 1.82) is 0 Å². The molecular formula is C14H23ClN4O2. The van der Waals surface area contributed by atoms with Crippen LogP contribution >= 0.6 is 11.6 Å². The summed E-state index contributed by atoms with van der Waals surface area (Å²) in [5, 5.41) is 4.54. The molecule has 21 heavy (non-hydrogen) atoms. The van der Waals surface area contributed by atoms with E-state index in [2.05, 4.69) is 16.6 Å². The minimum atomic E-state index is -0.0264. The number of ether oxygens (including phenoxy) is 2. The highest BCUT2D eigenvalue weighted by Crippen LogP contribution is 2.21. The van der Waals surface area contributed by atoms with Gasteiger partial charge in [-0.15, -0.1) is 11.6 Å². The third kappa shape index (κ3) is 3.22. The average molecular weight is 315 g/mol. The molecule has 0 aromatic carbocycles. The van der Waals surface area contributed by atoms with Crippen molar-refractivity contribution in [1.82, 2.24) is 19.3 Å². The molecule has 0 aliphatic heterocycles. The van der Waals surface area contributed by atoms with Crippen LogP contribution in [0.2, 0.25) is 0 Å². The highest BCUT2D eigenvalue weighted by atomic mass is 35.5. The van der Waals surface area contributed by atoms with Crippen LogP contribution in [0.1, 0.15) is 18.4 Å². The molecule has 0 saturated heterocycles. The molecule has 0 aliphatic carbocycles. The summed E-state index contributed by atoms with van der Waals surface area (Å²) in [5.41, 5.74) is 3.00. The predicted octanol–water partition coefficient (Wildman–Crippen LogP) is 1.77. The lowest BCUT2D eigenvalue weighted by Crippen LogP contribution is -2.25. The van der Waals surface area contributed by atoms with E-state index in [1.54, 1.807) is 14.2 Å². The Morgan fingerprint density at radius 1 is 1.33 bits per heavy atom. The molecule has 0 spiro atoms. The maximum absolute atomic E-state index is 5.92. The topological polar surface area (TPSA) is 54.1 Å². The molecule has 2 aromatic heterocycles. The van der Waals surface area contributed by atoms with Gasteiger partial charge in [0.2, 0.25) is 0 Å². The molecule has 2 aromatic rings. The first kappa shape index (κ1) is 16.3. The fourth-order valence-electron chi connectivity index (χ4n) is 2.58. The van der Waals surface area contributed by atoms with Crippen molar-refractivity contribution in [2.75, 3.05) is 26.7 Å². The van der Waals surface area contributed by atoms with Crippen molar-refractivity contribution in [3.63, 3.8) is 0 Å². The van der Waals surface area contributed by atoms with Crippen molar-refractivity contribution in [2.24, 2.45) is 7.05 Å². The van der Waals surface area contributed by atoms with Crippen LogP contribution in [-0.4, -0.2) is 52.1 Å². The molecule has 0 aliphatic rings. The van der Waals surface area contributed by atoms with Crippen LogP contribution in [0.4, 0.5) is 0 Å². The van der Waals surface area contributed by atoms with Gasteiger partial charge in [-0.3, -0.25) is 4.68 Å². The summed E-state index contributed by atoms with van der Waals surface area (Å²) < 4.78 is 14.7. The van der Waals surface area contributed by atoms with Crippen LogP contribution in [0.15, 0.2) is 0 Å². The number of aromatic nitrogens is 4. The van der Waals surface area contributed by atoms with Crippen molar-refractivity contribution in [2.45, 2.75) is 32.4 Å². The third-order valence-corrected chi connectivity index (χ3v) is 3.78. The number of halogens is 1. The summed E-state index contributed by atoms with van der Waals surface area (Å²) in [7, 11) is 5.32. The maximum Gasteiger partial charge on any atom is 0.158 e. The van der Waals surface area contributed by atoms with Gasteiger partial charge in [0, 0.05) is 33.6 Å². The van der Waals surface area contributed by atoms with E-state index in [0.29, 0.717) is 19.0 Å². The minimum absolute atomic E-state index is 0.0264. The van der Waals surface area contributed by atoms with E-state index in [4.69, 9.17) is 26.1 Å². The minimum Gasteiger partial charge on any atom is -0.382 e. The van der Waals surface area contributed by atoms with Crippen LogP contribution in [0.25, 0.3) is 11.2 Å². The van der Waals surface area contributed by atoms with Crippen molar-refractivity contribution in [3.05, 3.63) is 11.5 Å². The van der Waals surface area contributed by atoms with E-state index in [1.165, 1.54) is 0 Å². The first-order valence-electron chi connectivity index (χ1n) is 7.14. The summed E-state index contributed by atoms with van der Waals surface area (Å²) in [6.07, 6.45) is 1.56. The van der Waals surface area contributed by atoms with E-state index >= 15 is 0 Å². The SMILES string of the molecule is CCc1nn(C)c2c1nc(CCCl)n2CC(COC)OC. The second kappa shape index (κ2) is 7.24. The smallest absolute Gasteiger partial charge is 0.158 e. The van der Waals surface area contributed by atoms with Gasteiger partial charge >= 0.3 is 0 Å². The Bertz CT molecular complexity index is 593. The summed E-state index contributed by atoms with van der Waals surface area (Å²) in [6, 6.07) is 0. The van der Waals surface area contributed by atoms with Gasteiger partial charge in [-0.2, -0.15) is 5.10 Å². The van der Waals surface area contributed by atoms with Crippen LogP contribution in [0.5, 0.6) is 0 Å². The molecule has 0 N–H and O–H groups in total.